The van der Waals surface area contributed by atoms with Crippen molar-refractivity contribution in [2.24, 2.45) is 0 Å². The molecule has 128 valence electrons. The topological polar surface area (TPSA) is 92.3 Å². The molecule has 0 saturated carbocycles. The molecule has 0 aliphatic carbocycles. The summed E-state index contributed by atoms with van der Waals surface area (Å²) in [5, 5.41) is 3.23. The van der Waals surface area contributed by atoms with Crippen LogP contribution in [0.4, 0.5) is 5.82 Å². The molecule has 2 heterocycles. The first-order valence-corrected chi connectivity index (χ1v) is 9.63. The number of amides is 1. The third-order valence-electron chi connectivity index (χ3n) is 4.14. The van der Waals surface area contributed by atoms with Crippen LogP contribution < -0.4 is 5.32 Å². The normalized spacial score (nSPS) is 21.0. The standard InChI is InChI=1S/C15H24N4O3S/c1-5-10(2)16-14-8-13(17-11(3)18-14)15(20)19(4)12-6-7-23(21,22)9-12/h8,10,12H,5-7,9H2,1-4H3,(H,16,17,18). The van der Waals surface area contributed by atoms with Crippen molar-refractivity contribution in [1.29, 1.82) is 0 Å². The van der Waals surface area contributed by atoms with E-state index in [0.29, 0.717) is 18.1 Å². The average molecular weight is 340 g/mol. The molecule has 0 bridgehead atoms. The third-order valence-corrected chi connectivity index (χ3v) is 5.89. The van der Waals surface area contributed by atoms with Crippen LogP contribution in [0.1, 0.15) is 43.0 Å². The Bertz CT molecular complexity index is 690. The molecular formula is C15H24N4O3S. The van der Waals surface area contributed by atoms with E-state index in [1.165, 1.54) is 4.90 Å². The van der Waals surface area contributed by atoms with Crippen molar-refractivity contribution in [3.63, 3.8) is 0 Å². The van der Waals surface area contributed by atoms with E-state index in [1.54, 1.807) is 20.0 Å². The van der Waals surface area contributed by atoms with Crippen LogP contribution in [-0.2, 0) is 9.84 Å². The van der Waals surface area contributed by atoms with E-state index < -0.39 is 9.84 Å². The lowest BCUT2D eigenvalue weighted by Crippen LogP contribution is -2.38. The summed E-state index contributed by atoms with van der Waals surface area (Å²) in [5.74, 6) is 1.01. The van der Waals surface area contributed by atoms with E-state index in [-0.39, 0.29) is 35.2 Å². The van der Waals surface area contributed by atoms with Crippen LogP contribution in [-0.4, -0.2) is 59.8 Å². The molecule has 1 saturated heterocycles. The second-order valence-corrected chi connectivity index (χ2v) is 8.34. The smallest absolute Gasteiger partial charge is 0.272 e. The lowest BCUT2D eigenvalue weighted by Gasteiger charge is -2.23. The van der Waals surface area contributed by atoms with Gasteiger partial charge in [0.15, 0.2) is 9.84 Å². The zero-order chi connectivity index (χ0) is 17.2. The van der Waals surface area contributed by atoms with Crippen molar-refractivity contribution in [3.8, 4) is 0 Å². The van der Waals surface area contributed by atoms with Gasteiger partial charge in [-0.2, -0.15) is 0 Å². The van der Waals surface area contributed by atoms with Crippen molar-refractivity contribution in [2.45, 2.75) is 45.7 Å². The number of carbonyl (C=O) groups is 1. The number of hydrogen-bond donors (Lipinski definition) is 1. The molecule has 8 heteroatoms. The Labute approximate surface area is 137 Å². The highest BCUT2D eigenvalue weighted by atomic mass is 32.2. The largest absolute Gasteiger partial charge is 0.368 e. The summed E-state index contributed by atoms with van der Waals surface area (Å²) in [6.45, 7) is 5.83. The summed E-state index contributed by atoms with van der Waals surface area (Å²) in [4.78, 5) is 22.6. The number of carbonyl (C=O) groups excluding carboxylic acids is 1. The number of aromatic nitrogens is 2. The average Bonchev–Trinajstić information content (AvgIpc) is 2.85. The van der Waals surface area contributed by atoms with Crippen LogP contribution in [0.25, 0.3) is 0 Å². The summed E-state index contributed by atoms with van der Waals surface area (Å²) in [6, 6.07) is 1.58. The molecule has 1 aromatic rings. The first kappa shape index (κ1) is 17.7. The van der Waals surface area contributed by atoms with Crippen molar-refractivity contribution in [1.82, 2.24) is 14.9 Å². The fourth-order valence-electron chi connectivity index (χ4n) is 2.53. The van der Waals surface area contributed by atoms with Gasteiger partial charge in [0.25, 0.3) is 5.91 Å². The molecular weight excluding hydrogens is 316 g/mol. The Morgan fingerprint density at radius 2 is 2.17 bits per heavy atom. The van der Waals surface area contributed by atoms with Gasteiger partial charge in [-0.05, 0) is 26.7 Å². The van der Waals surface area contributed by atoms with Gasteiger partial charge in [-0.1, -0.05) is 6.92 Å². The molecule has 0 radical (unpaired) electrons. The van der Waals surface area contributed by atoms with Crippen molar-refractivity contribution in [2.75, 3.05) is 23.9 Å². The SMILES string of the molecule is CCC(C)Nc1cc(C(=O)N(C)C2CCS(=O)(=O)C2)nc(C)n1. The van der Waals surface area contributed by atoms with E-state index in [4.69, 9.17) is 0 Å². The van der Waals surface area contributed by atoms with E-state index in [2.05, 4.69) is 22.2 Å². The second kappa shape index (κ2) is 6.82. The molecule has 2 atom stereocenters. The van der Waals surface area contributed by atoms with Gasteiger partial charge in [-0.25, -0.2) is 18.4 Å². The molecule has 7 nitrogen and oxygen atoms in total. The number of nitrogens with zero attached hydrogens (tertiary/aromatic N) is 3. The fraction of sp³-hybridized carbons (Fsp3) is 0.667. The molecule has 1 aliphatic rings. The predicted octanol–water partition coefficient (Wildman–Crippen LogP) is 1.25. The van der Waals surface area contributed by atoms with Crippen molar-refractivity contribution >= 4 is 21.6 Å². The lowest BCUT2D eigenvalue weighted by atomic mass is 10.2. The van der Waals surface area contributed by atoms with Gasteiger partial charge in [-0.3, -0.25) is 4.79 Å². The minimum atomic E-state index is -3.03. The van der Waals surface area contributed by atoms with Crippen LogP contribution >= 0.6 is 0 Å². The molecule has 1 N–H and O–H groups in total. The maximum atomic E-state index is 12.6. The second-order valence-electron chi connectivity index (χ2n) is 6.11. The highest BCUT2D eigenvalue weighted by Crippen LogP contribution is 2.19. The fourth-order valence-corrected chi connectivity index (χ4v) is 4.31. The number of aryl methyl sites for hydroxylation is 1. The first-order chi connectivity index (χ1) is 10.7. The van der Waals surface area contributed by atoms with Crippen molar-refractivity contribution < 1.29 is 13.2 Å². The number of anilines is 1. The summed E-state index contributed by atoms with van der Waals surface area (Å²) in [7, 11) is -1.40. The zero-order valence-corrected chi connectivity index (χ0v) is 14.9. The van der Waals surface area contributed by atoms with E-state index in [9.17, 15) is 13.2 Å². The Morgan fingerprint density at radius 1 is 1.48 bits per heavy atom. The number of nitrogens with one attached hydrogen (secondary N) is 1. The Morgan fingerprint density at radius 3 is 2.74 bits per heavy atom. The highest BCUT2D eigenvalue weighted by molar-refractivity contribution is 7.91. The maximum absolute atomic E-state index is 12.6. The Balaban J connectivity index is 2.18. The molecule has 1 amide bonds. The van der Waals surface area contributed by atoms with Gasteiger partial charge in [0.1, 0.15) is 17.3 Å². The Kier molecular flexibility index (Phi) is 5.23. The third kappa shape index (κ3) is 4.40. The summed E-state index contributed by atoms with van der Waals surface area (Å²) >= 11 is 0. The maximum Gasteiger partial charge on any atom is 0.272 e. The number of hydrogen-bond acceptors (Lipinski definition) is 6. The quantitative estimate of drug-likeness (QED) is 0.867. The molecule has 2 unspecified atom stereocenters. The number of rotatable bonds is 5. The predicted molar refractivity (Wildman–Crippen MR) is 89.3 cm³/mol. The molecule has 1 fully saturated rings. The van der Waals surface area contributed by atoms with Crippen LogP contribution in [0.5, 0.6) is 0 Å². The summed E-state index contributed by atoms with van der Waals surface area (Å²) < 4.78 is 23.2. The molecule has 0 aromatic carbocycles. The minimum absolute atomic E-state index is 0.0251. The van der Waals surface area contributed by atoms with E-state index in [0.717, 1.165) is 6.42 Å². The zero-order valence-electron chi connectivity index (χ0n) is 14.0. The molecule has 1 aromatic heterocycles. The van der Waals surface area contributed by atoms with Crippen LogP contribution in [0, 0.1) is 6.92 Å². The Hall–Kier alpha value is -1.70. The highest BCUT2D eigenvalue weighted by Gasteiger charge is 2.33. The number of sulfone groups is 1. The van der Waals surface area contributed by atoms with Crippen LogP contribution in [0.3, 0.4) is 0 Å². The van der Waals surface area contributed by atoms with Gasteiger partial charge < -0.3 is 10.2 Å². The van der Waals surface area contributed by atoms with Gasteiger partial charge in [0.05, 0.1) is 11.5 Å². The van der Waals surface area contributed by atoms with Crippen molar-refractivity contribution in [3.05, 3.63) is 17.6 Å². The molecule has 23 heavy (non-hydrogen) atoms. The molecule has 0 spiro atoms. The summed E-state index contributed by atoms with van der Waals surface area (Å²) in [6.07, 6.45) is 1.42. The molecule has 2 rings (SSSR count). The lowest BCUT2D eigenvalue weighted by molar-refractivity contribution is 0.0741. The van der Waals surface area contributed by atoms with Crippen LogP contribution in [0.2, 0.25) is 0 Å². The monoisotopic (exact) mass is 340 g/mol. The van der Waals surface area contributed by atoms with Gasteiger partial charge in [0, 0.05) is 25.2 Å². The van der Waals surface area contributed by atoms with E-state index in [1.807, 2.05) is 6.92 Å². The summed E-state index contributed by atoms with van der Waals surface area (Å²) in [5.41, 5.74) is 0.287. The van der Waals surface area contributed by atoms with Gasteiger partial charge in [0.2, 0.25) is 0 Å². The van der Waals surface area contributed by atoms with Gasteiger partial charge in [-0.15, -0.1) is 0 Å². The van der Waals surface area contributed by atoms with Gasteiger partial charge >= 0.3 is 0 Å². The van der Waals surface area contributed by atoms with E-state index >= 15 is 0 Å². The first-order valence-electron chi connectivity index (χ1n) is 7.81. The van der Waals surface area contributed by atoms with Crippen LogP contribution in [0.15, 0.2) is 6.07 Å². The molecule has 1 aliphatic heterocycles. The minimum Gasteiger partial charge on any atom is -0.368 e.